The molecule has 7 heteroatoms. The van der Waals surface area contributed by atoms with Crippen molar-refractivity contribution in [2.75, 3.05) is 0 Å². The van der Waals surface area contributed by atoms with Crippen LogP contribution in [0.1, 0.15) is 5.56 Å². The first kappa shape index (κ1) is 21.9. The average Bonchev–Trinajstić information content (AvgIpc) is 3.23. The molecule has 0 unspecified atom stereocenters. The lowest BCUT2D eigenvalue weighted by Gasteiger charge is -2.20. The van der Waals surface area contributed by atoms with E-state index in [9.17, 15) is 5.11 Å². The van der Waals surface area contributed by atoms with Crippen molar-refractivity contribution in [2.45, 2.75) is 6.61 Å². The second-order valence-electron chi connectivity index (χ2n) is 7.71. The molecule has 2 aromatic heterocycles. The topological polar surface area (TPSA) is 50.9 Å². The van der Waals surface area contributed by atoms with Gasteiger partial charge in [-0.25, -0.2) is 9.97 Å². The molecule has 0 saturated carbocycles. The van der Waals surface area contributed by atoms with E-state index < -0.39 is 0 Å². The number of nitrogens with zero attached hydrogens (tertiary/aromatic N) is 3. The van der Waals surface area contributed by atoms with E-state index in [1.807, 2.05) is 72.3 Å². The average molecular weight is 495 g/mol. The number of aliphatic hydroxyl groups excluding tert-OH is 1. The van der Waals surface area contributed by atoms with Crippen molar-refractivity contribution in [3.8, 4) is 33.5 Å². The standard InChI is InChI=1S/C26H18Cl3N3O/c1-32-14-30-12-21(32)25-23(16-3-2-4-19(28)11-16)24-20(31-26(25)29)10-7-17(13-33)22(24)15-5-8-18(27)9-6-15/h2-12,14,33H,13H2,1H3. The zero-order valence-electron chi connectivity index (χ0n) is 17.6. The van der Waals surface area contributed by atoms with Gasteiger partial charge in [0, 0.05) is 33.6 Å². The summed E-state index contributed by atoms with van der Waals surface area (Å²) in [6, 6.07) is 18.9. The number of benzene rings is 3. The van der Waals surface area contributed by atoms with Gasteiger partial charge in [-0.05, 0) is 52.6 Å². The Bertz CT molecular complexity index is 1490. The molecule has 0 aliphatic carbocycles. The molecule has 0 aliphatic rings. The second-order valence-corrected chi connectivity index (χ2v) is 8.94. The van der Waals surface area contributed by atoms with Gasteiger partial charge in [0.1, 0.15) is 5.15 Å². The molecule has 0 fully saturated rings. The predicted molar refractivity (Wildman–Crippen MR) is 136 cm³/mol. The van der Waals surface area contributed by atoms with Crippen molar-refractivity contribution < 1.29 is 5.11 Å². The van der Waals surface area contributed by atoms with Crippen LogP contribution in [0.15, 0.2) is 73.2 Å². The molecular weight excluding hydrogens is 477 g/mol. The highest BCUT2D eigenvalue weighted by Crippen LogP contribution is 2.46. The second kappa shape index (κ2) is 8.81. The van der Waals surface area contributed by atoms with Gasteiger partial charge in [0.05, 0.1) is 30.3 Å². The van der Waals surface area contributed by atoms with Gasteiger partial charge in [-0.1, -0.05) is 65.1 Å². The molecular formula is C26H18Cl3N3O. The van der Waals surface area contributed by atoms with Crippen LogP contribution in [-0.2, 0) is 13.7 Å². The fourth-order valence-corrected chi connectivity index (χ4v) is 4.81. The maximum atomic E-state index is 10.2. The van der Waals surface area contributed by atoms with Gasteiger partial charge in [0.25, 0.3) is 0 Å². The highest BCUT2D eigenvalue weighted by atomic mass is 35.5. The minimum absolute atomic E-state index is 0.132. The number of pyridine rings is 1. The van der Waals surface area contributed by atoms with Crippen LogP contribution in [-0.4, -0.2) is 19.6 Å². The Kier molecular flexibility index (Phi) is 5.85. The van der Waals surface area contributed by atoms with Crippen LogP contribution < -0.4 is 0 Å². The van der Waals surface area contributed by atoms with E-state index in [4.69, 9.17) is 39.8 Å². The number of aliphatic hydroxyl groups is 1. The SMILES string of the molecule is Cn1cncc1-c1c(Cl)nc2ccc(CO)c(-c3ccc(Cl)cc3)c2c1-c1cccc(Cl)c1. The minimum atomic E-state index is -0.132. The lowest BCUT2D eigenvalue weighted by molar-refractivity contribution is 0.282. The Morgan fingerprint density at radius 3 is 2.30 bits per heavy atom. The highest BCUT2D eigenvalue weighted by Gasteiger charge is 2.23. The summed E-state index contributed by atoms with van der Waals surface area (Å²) >= 11 is 19.4. The van der Waals surface area contributed by atoms with E-state index >= 15 is 0 Å². The van der Waals surface area contributed by atoms with E-state index in [1.165, 1.54) is 0 Å². The van der Waals surface area contributed by atoms with Gasteiger partial charge < -0.3 is 9.67 Å². The number of hydrogen-bond donors (Lipinski definition) is 1. The Labute approximate surface area is 206 Å². The summed E-state index contributed by atoms with van der Waals surface area (Å²) in [4.78, 5) is 9.04. The van der Waals surface area contributed by atoms with Crippen LogP contribution >= 0.6 is 34.8 Å². The largest absolute Gasteiger partial charge is 0.392 e. The third-order valence-electron chi connectivity index (χ3n) is 5.68. The van der Waals surface area contributed by atoms with Crippen LogP contribution in [0.4, 0.5) is 0 Å². The number of aryl methyl sites for hydroxylation is 1. The van der Waals surface area contributed by atoms with Gasteiger partial charge in [-0.2, -0.15) is 0 Å². The molecule has 0 radical (unpaired) electrons. The van der Waals surface area contributed by atoms with Crippen molar-refractivity contribution in [3.63, 3.8) is 0 Å². The molecule has 0 aliphatic heterocycles. The van der Waals surface area contributed by atoms with Crippen molar-refractivity contribution >= 4 is 45.7 Å². The number of fused-ring (bicyclic) bond motifs is 1. The Morgan fingerprint density at radius 1 is 0.848 bits per heavy atom. The molecule has 3 aromatic carbocycles. The van der Waals surface area contributed by atoms with E-state index in [0.29, 0.717) is 20.7 Å². The first-order chi connectivity index (χ1) is 16.0. The van der Waals surface area contributed by atoms with Crippen LogP contribution in [0.2, 0.25) is 15.2 Å². The van der Waals surface area contributed by atoms with Gasteiger partial charge in [0.2, 0.25) is 0 Å². The van der Waals surface area contributed by atoms with Crippen molar-refractivity contribution in [1.29, 1.82) is 0 Å². The number of imidazole rings is 1. The van der Waals surface area contributed by atoms with Crippen molar-refractivity contribution in [2.24, 2.45) is 7.05 Å². The first-order valence-corrected chi connectivity index (χ1v) is 11.4. The Hall–Kier alpha value is -2.89. The predicted octanol–water partition coefficient (Wildman–Crippen LogP) is 7.42. The first-order valence-electron chi connectivity index (χ1n) is 10.2. The number of halogens is 3. The molecule has 2 heterocycles. The molecule has 0 saturated heterocycles. The van der Waals surface area contributed by atoms with Gasteiger partial charge in [0.15, 0.2) is 0 Å². The zero-order chi connectivity index (χ0) is 23.1. The van der Waals surface area contributed by atoms with Crippen LogP contribution in [0.25, 0.3) is 44.4 Å². The summed E-state index contributed by atoms with van der Waals surface area (Å²) in [7, 11) is 1.91. The van der Waals surface area contributed by atoms with Gasteiger partial charge >= 0.3 is 0 Å². The van der Waals surface area contributed by atoms with Crippen molar-refractivity contribution in [3.05, 3.63) is 93.9 Å². The number of rotatable bonds is 4. The maximum Gasteiger partial charge on any atom is 0.139 e. The van der Waals surface area contributed by atoms with Gasteiger partial charge in [-0.15, -0.1) is 0 Å². The quantitative estimate of drug-likeness (QED) is 0.264. The van der Waals surface area contributed by atoms with Crippen LogP contribution in [0.3, 0.4) is 0 Å². The molecule has 5 rings (SSSR count). The normalized spacial score (nSPS) is 11.3. The molecule has 0 spiro atoms. The molecule has 4 nitrogen and oxygen atoms in total. The molecule has 1 N–H and O–H groups in total. The minimum Gasteiger partial charge on any atom is -0.392 e. The van der Waals surface area contributed by atoms with Crippen LogP contribution in [0, 0.1) is 0 Å². The molecule has 5 aromatic rings. The van der Waals surface area contributed by atoms with E-state index in [0.717, 1.165) is 44.5 Å². The summed E-state index contributed by atoms with van der Waals surface area (Å²) in [5.74, 6) is 0. The monoisotopic (exact) mass is 493 g/mol. The van der Waals surface area contributed by atoms with Gasteiger partial charge in [-0.3, -0.25) is 0 Å². The molecule has 33 heavy (non-hydrogen) atoms. The van der Waals surface area contributed by atoms with E-state index in [2.05, 4.69) is 4.98 Å². The Morgan fingerprint density at radius 2 is 1.64 bits per heavy atom. The summed E-state index contributed by atoms with van der Waals surface area (Å²) in [5, 5.41) is 12.7. The third kappa shape index (κ3) is 3.90. The Balaban J connectivity index is 2.02. The molecule has 0 atom stereocenters. The molecule has 0 amide bonds. The van der Waals surface area contributed by atoms with Crippen molar-refractivity contribution in [1.82, 2.24) is 14.5 Å². The zero-order valence-corrected chi connectivity index (χ0v) is 19.8. The molecule has 164 valence electrons. The van der Waals surface area contributed by atoms with E-state index in [-0.39, 0.29) is 6.61 Å². The summed E-state index contributed by atoms with van der Waals surface area (Å²) < 4.78 is 1.90. The van der Waals surface area contributed by atoms with E-state index in [1.54, 1.807) is 12.5 Å². The highest BCUT2D eigenvalue weighted by molar-refractivity contribution is 6.34. The fourth-order valence-electron chi connectivity index (χ4n) is 4.21. The number of hydrogen-bond acceptors (Lipinski definition) is 3. The fraction of sp³-hybridized carbons (Fsp3) is 0.0769. The number of aromatic nitrogens is 3. The lowest BCUT2D eigenvalue weighted by atomic mass is 9.87. The van der Waals surface area contributed by atoms with Crippen LogP contribution in [0.5, 0.6) is 0 Å². The third-order valence-corrected chi connectivity index (χ3v) is 6.44. The smallest absolute Gasteiger partial charge is 0.139 e. The summed E-state index contributed by atoms with van der Waals surface area (Å²) in [6.45, 7) is -0.132. The summed E-state index contributed by atoms with van der Waals surface area (Å²) in [5.41, 5.74) is 6.59. The lowest BCUT2D eigenvalue weighted by Crippen LogP contribution is -2.00. The summed E-state index contributed by atoms with van der Waals surface area (Å²) in [6.07, 6.45) is 3.49. The maximum absolute atomic E-state index is 10.2. The molecule has 0 bridgehead atoms.